The molecule has 1 atom stereocenters. The summed E-state index contributed by atoms with van der Waals surface area (Å²) in [6.07, 6.45) is 8.37. The van der Waals surface area contributed by atoms with Gasteiger partial charge in [0.15, 0.2) is 0 Å². The summed E-state index contributed by atoms with van der Waals surface area (Å²) in [5.41, 5.74) is 0. The van der Waals surface area contributed by atoms with E-state index in [1.807, 2.05) is 0 Å². The number of sulfonamides is 1. The highest BCUT2D eigenvalue weighted by molar-refractivity contribution is 7.88. The molecule has 1 rings (SSSR count). The van der Waals surface area contributed by atoms with E-state index in [1.54, 1.807) is 0 Å². The number of nitrogens with zero attached hydrogens (tertiary/aromatic N) is 1. The van der Waals surface area contributed by atoms with Crippen molar-refractivity contribution in [1.82, 2.24) is 9.62 Å². The number of hydrogen-bond acceptors (Lipinski definition) is 3. The van der Waals surface area contributed by atoms with Crippen LogP contribution in [0.3, 0.4) is 0 Å². The lowest BCUT2D eigenvalue weighted by Gasteiger charge is -2.32. The van der Waals surface area contributed by atoms with E-state index in [-0.39, 0.29) is 12.5 Å². The maximum Gasteiger partial charge on any atom is 0.239 e. The Labute approximate surface area is 96.2 Å². The van der Waals surface area contributed by atoms with Crippen LogP contribution in [0.25, 0.3) is 0 Å². The normalized spacial score (nSPS) is 22.4. The molecule has 1 saturated heterocycles. The van der Waals surface area contributed by atoms with Gasteiger partial charge in [-0.3, -0.25) is 4.79 Å². The maximum absolute atomic E-state index is 11.7. The van der Waals surface area contributed by atoms with E-state index in [2.05, 4.69) is 11.2 Å². The second kappa shape index (κ2) is 5.32. The van der Waals surface area contributed by atoms with Gasteiger partial charge in [-0.1, -0.05) is 12.3 Å². The molecule has 1 aliphatic heterocycles. The second-order valence-corrected chi connectivity index (χ2v) is 5.74. The largest absolute Gasteiger partial charge is 0.344 e. The van der Waals surface area contributed by atoms with Crippen molar-refractivity contribution in [2.75, 3.05) is 19.3 Å². The van der Waals surface area contributed by atoms with Gasteiger partial charge in [-0.25, -0.2) is 8.42 Å². The maximum atomic E-state index is 11.7. The fraction of sp³-hybridized carbons (Fsp3) is 0.700. The molecule has 0 aromatic heterocycles. The molecule has 0 bridgehead atoms. The predicted molar refractivity (Wildman–Crippen MR) is 61.0 cm³/mol. The molecular weight excluding hydrogens is 228 g/mol. The van der Waals surface area contributed by atoms with Gasteiger partial charge in [-0.05, 0) is 12.8 Å². The van der Waals surface area contributed by atoms with E-state index in [4.69, 9.17) is 6.42 Å². The van der Waals surface area contributed by atoms with Gasteiger partial charge in [0.05, 0.1) is 12.8 Å². The van der Waals surface area contributed by atoms with E-state index < -0.39 is 16.1 Å². The molecule has 0 aromatic carbocycles. The molecule has 5 nitrogen and oxygen atoms in total. The van der Waals surface area contributed by atoms with E-state index in [0.29, 0.717) is 13.0 Å². The molecule has 1 amide bonds. The van der Waals surface area contributed by atoms with E-state index in [9.17, 15) is 13.2 Å². The van der Waals surface area contributed by atoms with Crippen molar-refractivity contribution in [2.24, 2.45) is 0 Å². The van der Waals surface area contributed by atoms with Gasteiger partial charge in [0.25, 0.3) is 0 Å². The van der Waals surface area contributed by atoms with Crippen molar-refractivity contribution >= 4 is 15.9 Å². The summed E-state index contributed by atoms with van der Waals surface area (Å²) in [6, 6.07) is -0.600. The fourth-order valence-electron chi connectivity index (χ4n) is 1.82. The minimum absolute atomic E-state index is 0.132. The summed E-state index contributed by atoms with van der Waals surface area (Å²) in [5.74, 6) is 1.99. The first kappa shape index (κ1) is 13.0. The van der Waals surface area contributed by atoms with Crippen molar-refractivity contribution in [2.45, 2.75) is 25.3 Å². The molecule has 0 spiro atoms. The lowest BCUT2D eigenvalue weighted by atomic mass is 10.0. The highest BCUT2D eigenvalue weighted by atomic mass is 32.2. The molecule has 0 aromatic rings. The first-order chi connectivity index (χ1) is 7.46. The van der Waals surface area contributed by atoms with Crippen LogP contribution >= 0.6 is 0 Å². The summed E-state index contributed by atoms with van der Waals surface area (Å²) >= 11 is 0. The summed E-state index contributed by atoms with van der Waals surface area (Å²) in [7, 11) is -3.32. The SMILES string of the molecule is C#CCNC(=O)C1CCCCN1S(C)(=O)=O. The lowest BCUT2D eigenvalue weighted by molar-refractivity contribution is -0.125. The second-order valence-electron chi connectivity index (χ2n) is 3.81. The number of carbonyl (C=O) groups excluding carboxylic acids is 1. The van der Waals surface area contributed by atoms with Crippen LogP contribution in [0.2, 0.25) is 0 Å². The Morgan fingerprint density at radius 2 is 2.25 bits per heavy atom. The monoisotopic (exact) mass is 244 g/mol. The zero-order valence-electron chi connectivity index (χ0n) is 9.27. The molecule has 6 heteroatoms. The van der Waals surface area contributed by atoms with Gasteiger partial charge in [-0.15, -0.1) is 6.42 Å². The van der Waals surface area contributed by atoms with Crippen LogP contribution < -0.4 is 5.32 Å². The van der Waals surface area contributed by atoms with E-state index in [0.717, 1.165) is 19.1 Å². The van der Waals surface area contributed by atoms with Crippen LogP contribution in [0.15, 0.2) is 0 Å². The number of amides is 1. The van der Waals surface area contributed by atoms with Crippen molar-refractivity contribution in [3.63, 3.8) is 0 Å². The molecule has 1 aliphatic rings. The number of nitrogens with one attached hydrogen (secondary N) is 1. The topological polar surface area (TPSA) is 66.5 Å². The van der Waals surface area contributed by atoms with E-state index in [1.165, 1.54) is 4.31 Å². The molecule has 1 heterocycles. The Balaban J connectivity index is 2.75. The third kappa shape index (κ3) is 3.22. The van der Waals surface area contributed by atoms with Crippen LogP contribution in [-0.4, -0.2) is 44.0 Å². The standard InChI is InChI=1S/C10H16N2O3S/c1-3-7-11-10(13)9-6-4-5-8-12(9)16(2,14)15/h1,9H,4-8H2,2H3,(H,11,13). The molecular formula is C10H16N2O3S. The molecule has 1 fully saturated rings. The van der Waals surface area contributed by atoms with Gasteiger partial charge in [0.1, 0.15) is 6.04 Å². The highest BCUT2D eigenvalue weighted by Gasteiger charge is 2.33. The van der Waals surface area contributed by atoms with Crippen LogP contribution in [0, 0.1) is 12.3 Å². The first-order valence-electron chi connectivity index (χ1n) is 5.15. The van der Waals surface area contributed by atoms with Crippen LogP contribution in [-0.2, 0) is 14.8 Å². The number of carbonyl (C=O) groups is 1. The molecule has 0 aliphatic carbocycles. The van der Waals surface area contributed by atoms with E-state index >= 15 is 0 Å². The van der Waals surface area contributed by atoms with Gasteiger partial charge in [0.2, 0.25) is 15.9 Å². The third-order valence-corrected chi connectivity index (χ3v) is 3.84. The van der Waals surface area contributed by atoms with Crippen molar-refractivity contribution in [3.05, 3.63) is 0 Å². The Morgan fingerprint density at radius 3 is 2.81 bits per heavy atom. The Hall–Kier alpha value is -1.06. The summed E-state index contributed by atoms with van der Waals surface area (Å²) in [6.45, 7) is 0.542. The lowest BCUT2D eigenvalue weighted by Crippen LogP contribution is -2.51. The minimum atomic E-state index is -3.32. The van der Waals surface area contributed by atoms with Crippen molar-refractivity contribution in [3.8, 4) is 12.3 Å². The van der Waals surface area contributed by atoms with Gasteiger partial charge in [0, 0.05) is 6.54 Å². The average Bonchev–Trinajstić information content (AvgIpc) is 2.24. The molecule has 0 saturated carbocycles. The smallest absolute Gasteiger partial charge is 0.239 e. The van der Waals surface area contributed by atoms with Crippen LogP contribution in [0.5, 0.6) is 0 Å². The van der Waals surface area contributed by atoms with Crippen molar-refractivity contribution < 1.29 is 13.2 Å². The molecule has 16 heavy (non-hydrogen) atoms. The zero-order chi connectivity index (χ0) is 12.2. The highest BCUT2D eigenvalue weighted by Crippen LogP contribution is 2.19. The number of hydrogen-bond donors (Lipinski definition) is 1. The summed E-state index contributed by atoms with van der Waals surface area (Å²) in [4.78, 5) is 11.7. The van der Waals surface area contributed by atoms with Crippen molar-refractivity contribution in [1.29, 1.82) is 0 Å². The number of rotatable bonds is 3. The first-order valence-corrected chi connectivity index (χ1v) is 6.99. The minimum Gasteiger partial charge on any atom is -0.344 e. The van der Waals surface area contributed by atoms with Crippen LogP contribution in [0.1, 0.15) is 19.3 Å². The zero-order valence-corrected chi connectivity index (χ0v) is 10.1. The summed E-state index contributed by atoms with van der Waals surface area (Å²) < 4.78 is 24.2. The number of terminal acetylenes is 1. The summed E-state index contributed by atoms with van der Waals surface area (Å²) in [5, 5.41) is 2.52. The molecule has 0 radical (unpaired) electrons. The Bertz CT molecular complexity index is 397. The molecule has 1 unspecified atom stereocenters. The number of piperidine rings is 1. The quantitative estimate of drug-likeness (QED) is 0.684. The Kier molecular flexibility index (Phi) is 4.33. The predicted octanol–water partition coefficient (Wildman–Crippen LogP) is -0.450. The van der Waals surface area contributed by atoms with Gasteiger partial charge < -0.3 is 5.32 Å². The fourth-order valence-corrected chi connectivity index (χ4v) is 2.94. The average molecular weight is 244 g/mol. The Morgan fingerprint density at radius 1 is 1.56 bits per heavy atom. The molecule has 90 valence electrons. The van der Waals surface area contributed by atoms with Gasteiger partial charge >= 0.3 is 0 Å². The third-order valence-electron chi connectivity index (χ3n) is 2.55. The molecule has 1 N–H and O–H groups in total. The van der Waals surface area contributed by atoms with Gasteiger partial charge in [-0.2, -0.15) is 4.31 Å². The van der Waals surface area contributed by atoms with Crippen LogP contribution in [0.4, 0.5) is 0 Å².